The van der Waals surface area contributed by atoms with Crippen molar-refractivity contribution in [1.82, 2.24) is 0 Å². The third-order valence-electron chi connectivity index (χ3n) is 0. The van der Waals surface area contributed by atoms with Gasteiger partial charge in [0.25, 0.3) is 0 Å². The van der Waals surface area contributed by atoms with Crippen LogP contribution in [0.4, 0.5) is 0 Å². The maximum Gasteiger partial charge on any atom is 0 e. The first-order valence-corrected chi connectivity index (χ1v) is 0. The van der Waals surface area contributed by atoms with Gasteiger partial charge < -0.3 is 0 Å². The standard InChI is InChI=1S/C.Fe.Li.P. The van der Waals surface area contributed by atoms with Gasteiger partial charge in [-0.2, -0.15) is 0 Å². The largest absolute Gasteiger partial charge is 0 e. The van der Waals surface area contributed by atoms with Crippen molar-refractivity contribution < 1.29 is 17.1 Å². The zero-order valence-corrected chi connectivity index (χ0v) is 4.30. The molecule has 0 aromatic heterocycles. The van der Waals surface area contributed by atoms with Crippen molar-refractivity contribution in [2.24, 2.45) is 0 Å². The molecular weight excluding hydrogens is 106 g/mol. The topological polar surface area (TPSA) is 0 Å². The number of rotatable bonds is 0. The van der Waals surface area contributed by atoms with Gasteiger partial charge in [-0.15, -0.1) is 0 Å². The minimum atomic E-state index is 0. The van der Waals surface area contributed by atoms with Gasteiger partial charge >= 0.3 is 0 Å². The summed E-state index contributed by atoms with van der Waals surface area (Å²) in [6.45, 7) is 0. The zero-order valence-electron chi connectivity index (χ0n) is 2.30. The molecule has 0 fully saturated rings. The number of hydrogen-bond donors (Lipinski definition) is 0. The first kappa shape index (κ1) is 47.9. The summed E-state index contributed by atoms with van der Waals surface area (Å²) < 4.78 is 0. The molecule has 0 amide bonds. The Bertz CT molecular complexity index is 8.00. The quantitative estimate of drug-likeness (QED) is 0.312. The summed E-state index contributed by atoms with van der Waals surface area (Å²) in [6, 6.07) is 0. The molecule has 0 bridgehead atoms. The van der Waals surface area contributed by atoms with E-state index in [1.54, 1.807) is 0 Å². The Morgan fingerprint density at radius 3 is 1.00 bits per heavy atom. The van der Waals surface area contributed by atoms with Gasteiger partial charge in [0.05, 0.1) is 0 Å². The molecule has 0 saturated carbocycles. The average molecular weight is 106 g/mol. The molecule has 0 rings (SSSR count). The van der Waals surface area contributed by atoms with Crippen LogP contribution in [-0.2, 0) is 17.1 Å². The van der Waals surface area contributed by atoms with Crippen LogP contribution in [0.15, 0.2) is 0 Å². The fraction of sp³-hybridized carbons (Fsp3) is 0. The SMILES string of the molecule is [C].[Fe].[Li].[P]. The van der Waals surface area contributed by atoms with Crippen molar-refractivity contribution in [2.45, 2.75) is 0 Å². The Kier molecular flexibility index (Phi) is 286. The van der Waals surface area contributed by atoms with Gasteiger partial charge in [0.2, 0.25) is 0 Å². The van der Waals surface area contributed by atoms with E-state index in [1.165, 1.54) is 0 Å². The summed E-state index contributed by atoms with van der Waals surface area (Å²) >= 11 is 0. The van der Waals surface area contributed by atoms with E-state index in [2.05, 4.69) is 0 Å². The molecule has 0 aromatic carbocycles. The Labute approximate surface area is 53.4 Å². The Morgan fingerprint density at radius 1 is 1.00 bits per heavy atom. The number of hydrogen-bond acceptors (Lipinski definition) is 0. The van der Waals surface area contributed by atoms with E-state index in [1.807, 2.05) is 0 Å². The molecule has 3 heteroatoms. The van der Waals surface area contributed by atoms with E-state index < -0.39 is 0 Å². The Morgan fingerprint density at radius 2 is 1.00 bits per heavy atom. The minimum absolute atomic E-state index is 0. The molecule has 4 heavy (non-hydrogen) atoms. The third kappa shape index (κ3) is 9.62. The molecule has 0 heterocycles. The van der Waals surface area contributed by atoms with E-state index in [-0.39, 0.29) is 53.3 Å². The zero-order chi connectivity index (χ0) is 0. The fourth-order valence-electron chi connectivity index (χ4n) is 0. The predicted octanol–water partition coefficient (Wildman–Crippen LogP) is 0.559. The molecule has 18 valence electrons. The Balaban J connectivity index is 0. The van der Waals surface area contributed by atoms with Crippen LogP contribution in [0.25, 0.3) is 0 Å². The van der Waals surface area contributed by atoms with E-state index in [0.717, 1.165) is 0 Å². The van der Waals surface area contributed by atoms with Crippen molar-refractivity contribution in [3.05, 3.63) is 7.43 Å². The summed E-state index contributed by atoms with van der Waals surface area (Å²) in [4.78, 5) is 0. The van der Waals surface area contributed by atoms with E-state index >= 15 is 0 Å². The summed E-state index contributed by atoms with van der Waals surface area (Å²) in [7, 11) is 0. The van der Waals surface area contributed by atoms with E-state index in [4.69, 9.17) is 0 Å². The normalized spacial score (nSPS) is 0. The second kappa shape index (κ2) is 23.9. The fourth-order valence-corrected chi connectivity index (χ4v) is 0. The van der Waals surface area contributed by atoms with E-state index in [9.17, 15) is 0 Å². The van der Waals surface area contributed by atoms with Gasteiger partial charge in [-0.1, -0.05) is 0 Å². The Hall–Kier alpha value is 1.55. The minimum Gasteiger partial charge on any atom is 0 e. The van der Waals surface area contributed by atoms with Crippen molar-refractivity contribution in [3.63, 3.8) is 0 Å². The van der Waals surface area contributed by atoms with Crippen molar-refractivity contribution in [3.8, 4) is 0 Å². The van der Waals surface area contributed by atoms with Crippen LogP contribution in [0.3, 0.4) is 0 Å². The van der Waals surface area contributed by atoms with Gasteiger partial charge in [0.1, 0.15) is 0 Å². The van der Waals surface area contributed by atoms with Crippen LogP contribution in [0.2, 0.25) is 0 Å². The molecule has 0 spiro atoms. The van der Waals surface area contributed by atoms with Gasteiger partial charge in [-0.05, 0) is 0 Å². The average Bonchev–Trinajstić information content (AvgIpc) is 0. The second-order valence-corrected chi connectivity index (χ2v) is 0. The van der Waals surface area contributed by atoms with Gasteiger partial charge in [-0.25, -0.2) is 0 Å². The van der Waals surface area contributed by atoms with Crippen LogP contribution >= 0.6 is 9.90 Å². The molecule has 0 atom stereocenters. The van der Waals surface area contributed by atoms with Crippen LogP contribution in [0.1, 0.15) is 0 Å². The molecule has 8 radical (unpaired) electrons. The van der Waals surface area contributed by atoms with Crippen LogP contribution in [-0.4, -0.2) is 18.9 Å². The van der Waals surface area contributed by atoms with Gasteiger partial charge in [0, 0.05) is 53.3 Å². The maximum absolute atomic E-state index is 0. The van der Waals surface area contributed by atoms with Crippen LogP contribution in [0.5, 0.6) is 0 Å². The van der Waals surface area contributed by atoms with Crippen molar-refractivity contribution in [1.29, 1.82) is 0 Å². The smallest absolute Gasteiger partial charge is 0 e. The first-order chi connectivity index (χ1) is 0. The summed E-state index contributed by atoms with van der Waals surface area (Å²) in [5.41, 5.74) is 0. The molecule has 0 nitrogen and oxygen atoms in total. The summed E-state index contributed by atoms with van der Waals surface area (Å²) in [5, 5.41) is 0. The van der Waals surface area contributed by atoms with Crippen LogP contribution < -0.4 is 0 Å². The predicted molar refractivity (Wildman–Crippen MR) is 15.9 cm³/mol. The van der Waals surface area contributed by atoms with Crippen LogP contribution in [0, 0.1) is 7.43 Å². The van der Waals surface area contributed by atoms with Gasteiger partial charge in [0.15, 0.2) is 0 Å². The molecular formula is CFeLiP. The first-order valence-electron chi connectivity index (χ1n) is 0. The molecule has 0 unspecified atom stereocenters. The van der Waals surface area contributed by atoms with Gasteiger partial charge in [-0.3, -0.25) is 0 Å². The second-order valence-electron chi connectivity index (χ2n) is 0. The van der Waals surface area contributed by atoms with E-state index in [0.29, 0.717) is 0 Å². The molecule has 0 aliphatic carbocycles. The molecule has 0 saturated heterocycles. The summed E-state index contributed by atoms with van der Waals surface area (Å²) in [5.74, 6) is 0. The third-order valence-corrected chi connectivity index (χ3v) is 0. The van der Waals surface area contributed by atoms with Crippen molar-refractivity contribution in [2.75, 3.05) is 0 Å². The molecule has 0 N–H and O–H groups in total. The molecule has 0 aromatic rings. The molecule has 0 aliphatic heterocycles. The monoisotopic (exact) mass is 106 g/mol. The maximum atomic E-state index is 0. The molecule has 0 aliphatic rings. The van der Waals surface area contributed by atoms with Crippen molar-refractivity contribution >= 4 is 28.8 Å². The summed E-state index contributed by atoms with van der Waals surface area (Å²) in [6.07, 6.45) is 0.